The second kappa shape index (κ2) is 11.2. The predicted molar refractivity (Wildman–Crippen MR) is 128 cm³/mol. The standard InChI is InChI=1S/C26H33N3O4/c1-32-22-5-2-4-19(16-22)18-29-13-11-21(12-14-29)27-25(30)6-3-15-33-23-8-9-24-20(17-23)7-10-26(31)28-24/h2,4-5,8-9,16-17,21H,3,6-7,10-15,18H2,1H3,(H,27,30)(H,28,31). The molecule has 2 N–H and O–H groups in total. The second-order valence-corrected chi connectivity index (χ2v) is 8.79. The Kier molecular flexibility index (Phi) is 7.83. The number of benzene rings is 2. The van der Waals surface area contributed by atoms with Crippen LogP contribution in [-0.4, -0.2) is 49.6 Å². The largest absolute Gasteiger partial charge is 0.497 e. The first-order valence-electron chi connectivity index (χ1n) is 11.8. The number of ether oxygens (including phenoxy) is 2. The smallest absolute Gasteiger partial charge is 0.224 e. The number of nitrogens with one attached hydrogen (secondary N) is 2. The van der Waals surface area contributed by atoms with Crippen molar-refractivity contribution in [2.75, 3.05) is 32.1 Å². The van der Waals surface area contributed by atoms with E-state index < -0.39 is 0 Å². The van der Waals surface area contributed by atoms with Crippen molar-refractivity contribution < 1.29 is 19.1 Å². The number of nitrogens with zero attached hydrogens (tertiary/aromatic N) is 1. The van der Waals surface area contributed by atoms with Crippen LogP contribution in [0.3, 0.4) is 0 Å². The van der Waals surface area contributed by atoms with Crippen molar-refractivity contribution in [3.63, 3.8) is 0 Å². The molecule has 0 aromatic heterocycles. The van der Waals surface area contributed by atoms with Gasteiger partial charge in [-0.15, -0.1) is 0 Å². The molecule has 4 rings (SSSR count). The van der Waals surface area contributed by atoms with E-state index in [2.05, 4.69) is 27.7 Å². The van der Waals surface area contributed by atoms with Gasteiger partial charge in [-0.3, -0.25) is 14.5 Å². The molecule has 0 radical (unpaired) electrons. The first-order chi connectivity index (χ1) is 16.1. The number of carbonyl (C=O) groups is 2. The van der Waals surface area contributed by atoms with E-state index >= 15 is 0 Å². The molecule has 1 saturated heterocycles. The molecule has 0 spiro atoms. The van der Waals surface area contributed by atoms with E-state index in [0.29, 0.717) is 25.9 Å². The lowest BCUT2D eigenvalue weighted by molar-refractivity contribution is -0.122. The number of carbonyl (C=O) groups excluding carboxylic acids is 2. The van der Waals surface area contributed by atoms with E-state index in [1.165, 1.54) is 5.56 Å². The molecule has 2 aliphatic rings. The molecule has 33 heavy (non-hydrogen) atoms. The highest BCUT2D eigenvalue weighted by molar-refractivity contribution is 5.94. The first kappa shape index (κ1) is 23.1. The van der Waals surface area contributed by atoms with Crippen LogP contribution < -0.4 is 20.1 Å². The molecule has 0 bridgehead atoms. The number of rotatable bonds is 9. The van der Waals surface area contributed by atoms with Gasteiger partial charge in [0.05, 0.1) is 13.7 Å². The van der Waals surface area contributed by atoms with Crippen LogP contribution in [0.1, 0.15) is 43.2 Å². The number of anilines is 1. The molecule has 2 aromatic rings. The van der Waals surface area contributed by atoms with Gasteiger partial charge in [0.1, 0.15) is 11.5 Å². The van der Waals surface area contributed by atoms with Gasteiger partial charge < -0.3 is 20.1 Å². The van der Waals surface area contributed by atoms with Gasteiger partial charge >= 0.3 is 0 Å². The molecule has 0 saturated carbocycles. The second-order valence-electron chi connectivity index (χ2n) is 8.79. The Hall–Kier alpha value is -3.06. The lowest BCUT2D eigenvalue weighted by Gasteiger charge is -2.32. The maximum Gasteiger partial charge on any atom is 0.224 e. The van der Waals surface area contributed by atoms with Gasteiger partial charge in [0, 0.05) is 44.2 Å². The number of aryl methyl sites for hydroxylation is 1. The van der Waals surface area contributed by atoms with Crippen LogP contribution in [0.5, 0.6) is 11.5 Å². The van der Waals surface area contributed by atoms with Crippen molar-refractivity contribution in [3.8, 4) is 11.5 Å². The molecule has 2 amide bonds. The summed E-state index contributed by atoms with van der Waals surface area (Å²) in [5.41, 5.74) is 3.22. The molecule has 2 heterocycles. The lowest BCUT2D eigenvalue weighted by Crippen LogP contribution is -2.44. The number of methoxy groups -OCH3 is 1. The van der Waals surface area contributed by atoms with Gasteiger partial charge in [-0.2, -0.15) is 0 Å². The summed E-state index contributed by atoms with van der Waals surface area (Å²) < 4.78 is 11.1. The highest BCUT2D eigenvalue weighted by atomic mass is 16.5. The highest BCUT2D eigenvalue weighted by Crippen LogP contribution is 2.27. The molecular weight excluding hydrogens is 418 g/mol. The van der Waals surface area contributed by atoms with Gasteiger partial charge in [0.25, 0.3) is 0 Å². The van der Waals surface area contributed by atoms with Gasteiger partial charge in [-0.1, -0.05) is 12.1 Å². The quantitative estimate of drug-likeness (QED) is 0.571. The van der Waals surface area contributed by atoms with Gasteiger partial charge in [-0.05, 0) is 67.1 Å². The summed E-state index contributed by atoms with van der Waals surface area (Å²) in [5, 5.41) is 6.06. The number of piperidine rings is 1. The zero-order valence-corrected chi connectivity index (χ0v) is 19.3. The number of fused-ring (bicyclic) bond motifs is 1. The molecule has 2 aromatic carbocycles. The summed E-state index contributed by atoms with van der Waals surface area (Å²) in [4.78, 5) is 26.2. The third-order valence-electron chi connectivity index (χ3n) is 6.28. The highest BCUT2D eigenvalue weighted by Gasteiger charge is 2.21. The topological polar surface area (TPSA) is 79.9 Å². The Labute approximate surface area is 195 Å². The normalized spacial score (nSPS) is 16.6. The molecule has 0 aliphatic carbocycles. The van der Waals surface area contributed by atoms with Crippen LogP contribution in [-0.2, 0) is 22.6 Å². The molecule has 1 fully saturated rings. The van der Waals surface area contributed by atoms with E-state index in [9.17, 15) is 9.59 Å². The SMILES string of the molecule is COc1cccc(CN2CCC(NC(=O)CCCOc3ccc4c(c3)CCC(=O)N4)CC2)c1. The molecule has 2 aliphatic heterocycles. The van der Waals surface area contributed by atoms with Crippen molar-refractivity contribution in [3.05, 3.63) is 53.6 Å². The Morgan fingerprint density at radius 2 is 1.97 bits per heavy atom. The molecule has 0 atom stereocenters. The van der Waals surface area contributed by atoms with Crippen molar-refractivity contribution in [1.82, 2.24) is 10.2 Å². The Morgan fingerprint density at radius 1 is 1.12 bits per heavy atom. The van der Waals surface area contributed by atoms with Crippen molar-refractivity contribution in [1.29, 1.82) is 0 Å². The monoisotopic (exact) mass is 451 g/mol. The van der Waals surface area contributed by atoms with Crippen LogP contribution in [0.25, 0.3) is 0 Å². The fraction of sp³-hybridized carbons (Fsp3) is 0.462. The average molecular weight is 452 g/mol. The third kappa shape index (κ3) is 6.71. The van der Waals surface area contributed by atoms with Gasteiger partial charge in [0.2, 0.25) is 11.8 Å². The minimum Gasteiger partial charge on any atom is -0.497 e. The summed E-state index contributed by atoms with van der Waals surface area (Å²) >= 11 is 0. The predicted octanol–water partition coefficient (Wildman–Crippen LogP) is 3.52. The van der Waals surface area contributed by atoms with Crippen molar-refractivity contribution in [2.45, 2.75) is 51.1 Å². The lowest BCUT2D eigenvalue weighted by atomic mass is 10.0. The summed E-state index contributed by atoms with van der Waals surface area (Å²) in [6.07, 6.45) is 4.32. The number of likely N-dealkylation sites (tertiary alicyclic amines) is 1. The molecular formula is C26H33N3O4. The average Bonchev–Trinajstić information content (AvgIpc) is 2.83. The molecule has 176 valence electrons. The zero-order valence-electron chi connectivity index (χ0n) is 19.3. The summed E-state index contributed by atoms with van der Waals surface area (Å²) in [5.74, 6) is 1.83. The van der Waals surface area contributed by atoms with E-state index in [-0.39, 0.29) is 17.9 Å². The van der Waals surface area contributed by atoms with Crippen LogP contribution in [0, 0.1) is 0 Å². The minimum absolute atomic E-state index is 0.0599. The van der Waals surface area contributed by atoms with Crippen molar-refractivity contribution >= 4 is 17.5 Å². The molecule has 0 unspecified atom stereocenters. The van der Waals surface area contributed by atoms with Crippen LogP contribution in [0.4, 0.5) is 5.69 Å². The number of hydrogen-bond acceptors (Lipinski definition) is 5. The maximum atomic E-state index is 12.4. The van der Waals surface area contributed by atoms with E-state index in [4.69, 9.17) is 9.47 Å². The first-order valence-corrected chi connectivity index (χ1v) is 11.8. The number of hydrogen-bond donors (Lipinski definition) is 2. The van der Waals surface area contributed by atoms with Crippen LogP contribution >= 0.6 is 0 Å². The summed E-state index contributed by atoms with van der Waals surface area (Å²) in [6.45, 7) is 3.36. The maximum absolute atomic E-state index is 12.4. The fourth-order valence-corrected chi connectivity index (χ4v) is 4.44. The van der Waals surface area contributed by atoms with Crippen molar-refractivity contribution in [2.24, 2.45) is 0 Å². The Morgan fingerprint density at radius 3 is 2.79 bits per heavy atom. The Balaban J connectivity index is 1.12. The molecule has 7 heteroatoms. The number of amides is 2. The minimum atomic E-state index is 0.0599. The summed E-state index contributed by atoms with van der Waals surface area (Å²) in [7, 11) is 1.69. The van der Waals surface area contributed by atoms with E-state index in [1.54, 1.807) is 7.11 Å². The van der Waals surface area contributed by atoms with Gasteiger partial charge in [0.15, 0.2) is 0 Å². The van der Waals surface area contributed by atoms with E-state index in [0.717, 1.165) is 61.6 Å². The van der Waals surface area contributed by atoms with Gasteiger partial charge in [-0.25, -0.2) is 0 Å². The fourth-order valence-electron chi connectivity index (χ4n) is 4.44. The third-order valence-corrected chi connectivity index (χ3v) is 6.28. The van der Waals surface area contributed by atoms with Crippen LogP contribution in [0.2, 0.25) is 0 Å². The van der Waals surface area contributed by atoms with Crippen LogP contribution in [0.15, 0.2) is 42.5 Å². The Bertz CT molecular complexity index is 970. The zero-order chi connectivity index (χ0) is 23.0. The van der Waals surface area contributed by atoms with E-state index in [1.807, 2.05) is 30.3 Å². The summed E-state index contributed by atoms with van der Waals surface area (Å²) in [6, 6.07) is 14.2. The molecule has 7 nitrogen and oxygen atoms in total.